The SMILES string of the molecule is CC(C)(C)[C@]12C[C@@H](CN1C(=O)O)N(c1nn(-c3ccnc(NCc4ccccc4)c3)c3cc(C(F)(F)F)ccc13)C2. The molecule has 2 aliphatic rings. The lowest BCUT2D eigenvalue weighted by Crippen LogP contribution is -2.61. The largest absolute Gasteiger partial charge is 0.465 e. The summed E-state index contributed by atoms with van der Waals surface area (Å²) in [6, 6.07) is 16.8. The molecule has 0 saturated carbocycles. The van der Waals surface area contributed by atoms with Crippen LogP contribution in [-0.4, -0.2) is 55.5 Å². The topological polar surface area (TPSA) is 86.5 Å². The van der Waals surface area contributed by atoms with Gasteiger partial charge in [-0.3, -0.25) is 4.90 Å². The maximum absolute atomic E-state index is 13.8. The molecule has 0 unspecified atom stereocenters. The molecule has 0 spiro atoms. The summed E-state index contributed by atoms with van der Waals surface area (Å²) in [4.78, 5) is 20.2. The van der Waals surface area contributed by atoms with Crippen LogP contribution in [0.5, 0.6) is 0 Å². The minimum Gasteiger partial charge on any atom is -0.465 e. The Hall–Kier alpha value is -4.28. The number of nitrogens with one attached hydrogen (secondary N) is 1. The number of hydrogen-bond donors (Lipinski definition) is 2. The number of piperazine rings is 1. The molecule has 0 radical (unpaired) electrons. The number of alkyl halides is 3. The van der Waals surface area contributed by atoms with E-state index in [1.165, 1.54) is 15.6 Å². The first-order chi connectivity index (χ1) is 19.4. The fourth-order valence-electron chi connectivity index (χ4n) is 6.30. The van der Waals surface area contributed by atoms with Crippen molar-refractivity contribution in [2.24, 2.45) is 5.41 Å². The maximum atomic E-state index is 13.8. The van der Waals surface area contributed by atoms with Crippen LogP contribution in [0.25, 0.3) is 16.6 Å². The van der Waals surface area contributed by atoms with Crippen LogP contribution in [0.1, 0.15) is 38.3 Å². The van der Waals surface area contributed by atoms with Crippen LogP contribution < -0.4 is 10.2 Å². The molecule has 2 fully saturated rings. The third-order valence-corrected chi connectivity index (χ3v) is 8.55. The Morgan fingerprint density at radius 2 is 1.85 bits per heavy atom. The van der Waals surface area contributed by atoms with Crippen LogP contribution in [0.3, 0.4) is 0 Å². The zero-order valence-corrected chi connectivity index (χ0v) is 23.0. The Bertz CT molecular complexity index is 1610. The van der Waals surface area contributed by atoms with Gasteiger partial charge in [-0.05, 0) is 41.7 Å². The van der Waals surface area contributed by atoms with Gasteiger partial charge in [0.05, 0.1) is 28.3 Å². The molecule has 1 amide bonds. The average Bonchev–Trinajstić information content (AvgIpc) is 3.62. The molecule has 41 heavy (non-hydrogen) atoms. The summed E-state index contributed by atoms with van der Waals surface area (Å²) in [5, 5.41) is 18.7. The first-order valence-electron chi connectivity index (χ1n) is 13.5. The predicted molar refractivity (Wildman–Crippen MR) is 150 cm³/mol. The molecule has 2 aromatic carbocycles. The Morgan fingerprint density at radius 3 is 2.54 bits per heavy atom. The Labute approximate surface area is 235 Å². The predicted octanol–water partition coefficient (Wildman–Crippen LogP) is 6.41. The van der Waals surface area contributed by atoms with Gasteiger partial charge < -0.3 is 15.3 Å². The lowest BCUT2D eigenvalue weighted by atomic mass is 9.73. The fraction of sp³-hybridized carbons (Fsp3) is 0.367. The van der Waals surface area contributed by atoms with Crippen LogP contribution in [-0.2, 0) is 12.7 Å². The van der Waals surface area contributed by atoms with E-state index in [0.29, 0.717) is 54.3 Å². The summed E-state index contributed by atoms with van der Waals surface area (Å²) >= 11 is 0. The quantitative estimate of drug-likeness (QED) is 0.291. The summed E-state index contributed by atoms with van der Waals surface area (Å²) in [5.74, 6) is 1.11. The molecule has 2 atom stereocenters. The first-order valence-corrected chi connectivity index (χ1v) is 13.5. The Morgan fingerprint density at radius 1 is 1.10 bits per heavy atom. The Balaban J connectivity index is 1.42. The highest BCUT2D eigenvalue weighted by Gasteiger charge is 2.62. The van der Waals surface area contributed by atoms with Crippen molar-refractivity contribution in [1.82, 2.24) is 19.7 Å². The number of likely N-dealkylation sites (tertiary alicyclic amines) is 1. The van der Waals surface area contributed by atoms with E-state index in [1.54, 1.807) is 18.3 Å². The smallest absolute Gasteiger partial charge is 0.416 e. The maximum Gasteiger partial charge on any atom is 0.416 e. The van der Waals surface area contributed by atoms with Gasteiger partial charge in [-0.1, -0.05) is 51.1 Å². The number of hydrogen-bond acceptors (Lipinski definition) is 5. The van der Waals surface area contributed by atoms with Crippen LogP contribution in [0.15, 0.2) is 66.9 Å². The zero-order chi connectivity index (χ0) is 29.2. The van der Waals surface area contributed by atoms with E-state index in [1.807, 2.05) is 51.1 Å². The van der Waals surface area contributed by atoms with Crippen molar-refractivity contribution in [2.75, 3.05) is 23.3 Å². The number of benzene rings is 2. The van der Waals surface area contributed by atoms with Gasteiger partial charge >= 0.3 is 12.3 Å². The summed E-state index contributed by atoms with van der Waals surface area (Å²) in [7, 11) is 0. The third kappa shape index (κ3) is 4.53. The highest BCUT2D eigenvalue weighted by Crippen LogP contribution is 2.52. The fourth-order valence-corrected chi connectivity index (χ4v) is 6.30. The van der Waals surface area contributed by atoms with Crippen molar-refractivity contribution in [1.29, 1.82) is 0 Å². The van der Waals surface area contributed by atoms with Crippen molar-refractivity contribution in [2.45, 2.75) is 51.5 Å². The van der Waals surface area contributed by atoms with E-state index >= 15 is 0 Å². The van der Waals surface area contributed by atoms with Gasteiger partial charge in [-0.25, -0.2) is 14.5 Å². The second-order valence-corrected chi connectivity index (χ2v) is 11.9. The highest BCUT2D eigenvalue weighted by molar-refractivity contribution is 5.93. The molecule has 2 aliphatic heterocycles. The number of carbonyl (C=O) groups is 1. The van der Waals surface area contributed by atoms with Crippen LogP contribution in [0.2, 0.25) is 0 Å². The van der Waals surface area contributed by atoms with Crippen LogP contribution in [0, 0.1) is 5.41 Å². The molecule has 2 N–H and O–H groups in total. The molecule has 4 heterocycles. The summed E-state index contributed by atoms with van der Waals surface area (Å²) in [6.45, 7) is 7.34. The van der Waals surface area contributed by atoms with Crippen LogP contribution in [0.4, 0.5) is 29.6 Å². The van der Waals surface area contributed by atoms with Gasteiger partial charge in [0, 0.05) is 37.3 Å². The monoisotopic (exact) mass is 564 g/mol. The molecular formula is C30H31F3N6O2. The number of nitrogens with zero attached hydrogens (tertiary/aromatic N) is 5. The molecule has 8 nitrogen and oxygen atoms in total. The first kappa shape index (κ1) is 26.9. The Kier molecular flexibility index (Phi) is 6.16. The second kappa shape index (κ2) is 9.39. The number of amides is 1. The third-order valence-electron chi connectivity index (χ3n) is 8.55. The molecular weight excluding hydrogens is 533 g/mol. The normalized spacial score (nSPS) is 20.7. The van der Waals surface area contributed by atoms with E-state index in [0.717, 1.165) is 17.7 Å². The molecule has 4 aromatic rings. The number of rotatable bonds is 5. The van der Waals surface area contributed by atoms with Gasteiger partial charge in [0.15, 0.2) is 5.82 Å². The lowest BCUT2D eigenvalue weighted by molar-refractivity contribution is -0.137. The summed E-state index contributed by atoms with van der Waals surface area (Å²) in [5.41, 5.74) is 0.178. The molecule has 2 bridgehead atoms. The van der Waals surface area contributed by atoms with E-state index in [-0.39, 0.29) is 11.5 Å². The van der Waals surface area contributed by atoms with E-state index in [2.05, 4.69) is 15.2 Å². The summed E-state index contributed by atoms with van der Waals surface area (Å²) < 4.78 is 42.9. The number of aromatic nitrogens is 3. The van der Waals surface area contributed by atoms with Gasteiger partial charge in [0.1, 0.15) is 5.82 Å². The van der Waals surface area contributed by atoms with Crippen molar-refractivity contribution in [3.63, 3.8) is 0 Å². The second-order valence-electron chi connectivity index (χ2n) is 11.9. The van der Waals surface area contributed by atoms with Crippen molar-refractivity contribution in [3.8, 4) is 5.69 Å². The molecule has 11 heteroatoms. The van der Waals surface area contributed by atoms with E-state index in [9.17, 15) is 23.1 Å². The van der Waals surface area contributed by atoms with Crippen LogP contribution >= 0.6 is 0 Å². The van der Waals surface area contributed by atoms with E-state index < -0.39 is 23.4 Å². The van der Waals surface area contributed by atoms with E-state index in [4.69, 9.17) is 5.10 Å². The molecule has 6 rings (SSSR count). The highest BCUT2D eigenvalue weighted by atomic mass is 19.4. The number of halogens is 3. The number of anilines is 2. The summed E-state index contributed by atoms with van der Waals surface area (Å²) in [6.07, 6.45) is -3.25. The number of carboxylic acid groups (broad SMARTS) is 1. The minimum absolute atomic E-state index is 0.139. The van der Waals surface area contributed by atoms with Crippen molar-refractivity contribution < 1.29 is 23.1 Å². The molecule has 2 aromatic heterocycles. The lowest BCUT2D eigenvalue weighted by Gasteiger charge is -2.48. The average molecular weight is 565 g/mol. The van der Waals surface area contributed by atoms with Gasteiger partial charge in [-0.2, -0.15) is 13.2 Å². The minimum atomic E-state index is -4.52. The number of pyridine rings is 1. The zero-order valence-electron chi connectivity index (χ0n) is 23.0. The molecule has 2 saturated heterocycles. The standard InChI is InChI=1S/C30H31F3N6O2/c1-28(2,3)29-15-22(17-38(29)27(40)41)37(18-29)26-23-10-9-20(30(31,32)33)13-24(23)39(36-26)21-11-12-34-25(14-21)35-16-19-7-5-4-6-8-19/h4-14,22H,15-18H2,1-3H3,(H,34,35)(H,40,41)/t22-,29+/m0/s1. The molecule has 0 aliphatic carbocycles. The number of fused-ring (bicyclic) bond motifs is 3. The van der Waals surface area contributed by atoms with Gasteiger partial charge in [0.2, 0.25) is 0 Å². The van der Waals surface area contributed by atoms with Gasteiger partial charge in [0.25, 0.3) is 0 Å². The molecule has 214 valence electrons. The van der Waals surface area contributed by atoms with Crippen molar-refractivity contribution >= 4 is 28.6 Å². The van der Waals surface area contributed by atoms with Crippen molar-refractivity contribution in [3.05, 3.63) is 78.0 Å². The van der Waals surface area contributed by atoms with Gasteiger partial charge in [-0.15, -0.1) is 5.10 Å².